The molecule has 0 saturated heterocycles. The second kappa shape index (κ2) is 4.59. The molecule has 1 N–H and O–H groups in total. The van der Waals surface area contributed by atoms with Crippen molar-refractivity contribution < 1.29 is 40.6 Å². The van der Waals surface area contributed by atoms with Crippen molar-refractivity contribution in [1.82, 2.24) is 4.98 Å². The van der Waals surface area contributed by atoms with E-state index in [9.17, 15) is 30.7 Å². The first kappa shape index (κ1) is 14.5. The summed E-state index contributed by atoms with van der Waals surface area (Å²) >= 11 is 0. The molecule has 0 spiro atoms. The molecule has 1 aromatic rings. The fraction of sp³-hybridized carbons (Fsp3) is 0.375. The van der Waals surface area contributed by atoms with Gasteiger partial charge in [-0.15, -0.1) is 13.2 Å². The number of aromatic nitrogens is 1. The van der Waals surface area contributed by atoms with E-state index < -0.39 is 42.0 Å². The Morgan fingerprint density at radius 3 is 2.11 bits per heavy atom. The molecule has 0 fully saturated rings. The Balaban J connectivity index is 3.37. The Hall–Kier alpha value is -1.58. The van der Waals surface area contributed by atoms with Gasteiger partial charge in [-0.1, -0.05) is 0 Å². The number of nitrogens with zero attached hydrogens (tertiary/aromatic N) is 1. The van der Waals surface area contributed by atoms with Gasteiger partial charge >= 0.3 is 12.5 Å². The van der Waals surface area contributed by atoms with Gasteiger partial charge < -0.3 is 9.84 Å². The van der Waals surface area contributed by atoms with Crippen molar-refractivity contribution in [3.8, 4) is 5.75 Å². The molecule has 1 heterocycles. The Bertz CT molecular complexity index is 440. The third-order valence-corrected chi connectivity index (χ3v) is 1.71. The predicted octanol–water partition coefficient (Wildman–Crippen LogP) is 2.63. The highest BCUT2D eigenvalue weighted by molar-refractivity contribution is 5.35. The smallest absolute Gasteiger partial charge is 0.402 e. The van der Waals surface area contributed by atoms with Gasteiger partial charge in [0, 0.05) is 11.8 Å². The van der Waals surface area contributed by atoms with E-state index >= 15 is 0 Å². The lowest BCUT2D eigenvalue weighted by Crippen LogP contribution is -2.21. The molecule has 0 radical (unpaired) electrons. The highest BCUT2D eigenvalue weighted by Crippen LogP contribution is 2.36. The topological polar surface area (TPSA) is 42.4 Å². The summed E-state index contributed by atoms with van der Waals surface area (Å²) in [5, 5.41) is 8.60. The summed E-state index contributed by atoms with van der Waals surface area (Å²) in [7, 11) is 0. The number of hydrogen-bond acceptors (Lipinski definition) is 3. The van der Waals surface area contributed by atoms with Gasteiger partial charge in [-0.3, -0.25) is 0 Å². The molecule has 3 nitrogen and oxygen atoms in total. The number of halogens is 7. The number of aliphatic hydroxyl groups is 1. The number of ether oxygens (including phenoxy) is 1. The Labute approximate surface area is 94.8 Å². The molecule has 0 bridgehead atoms. The molecule has 102 valence electrons. The van der Waals surface area contributed by atoms with E-state index in [0.29, 0.717) is 0 Å². The molecule has 0 saturated carbocycles. The van der Waals surface area contributed by atoms with Gasteiger partial charge in [0.1, 0.15) is 0 Å². The number of rotatable bonds is 2. The third-order valence-electron chi connectivity index (χ3n) is 1.71. The summed E-state index contributed by atoms with van der Waals surface area (Å²) in [6.45, 7) is -1.16. The molecule has 1 rings (SSSR count). The van der Waals surface area contributed by atoms with Crippen LogP contribution in [0.15, 0.2) is 6.20 Å². The van der Waals surface area contributed by atoms with Crippen molar-refractivity contribution >= 4 is 0 Å². The van der Waals surface area contributed by atoms with Crippen LogP contribution in [0, 0.1) is 5.82 Å². The van der Waals surface area contributed by atoms with Gasteiger partial charge in [-0.05, 0) is 0 Å². The SMILES string of the molecule is OCc1cnc(C(F)(F)F)c(F)c1OC(F)(F)F. The minimum absolute atomic E-state index is 0.257. The van der Waals surface area contributed by atoms with Crippen LogP contribution in [0.1, 0.15) is 11.3 Å². The summed E-state index contributed by atoms with van der Waals surface area (Å²) in [5.74, 6) is -4.07. The fourth-order valence-corrected chi connectivity index (χ4v) is 1.04. The van der Waals surface area contributed by atoms with Crippen molar-refractivity contribution in [3.63, 3.8) is 0 Å². The number of pyridine rings is 1. The van der Waals surface area contributed by atoms with E-state index in [1.54, 1.807) is 0 Å². The maximum absolute atomic E-state index is 13.2. The van der Waals surface area contributed by atoms with Crippen molar-refractivity contribution in [2.45, 2.75) is 19.1 Å². The Morgan fingerprint density at radius 2 is 1.72 bits per heavy atom. The van der Waals surface area contributed by atoms with Gasteiger partial charge in [-0.25, -0.2) is 9.37 Å². The zero-order chi connectivity index (χ0) is 14.1. The van der Waals surface area contributed by atoms with E-state index in [2.05, 4.69) is 9.72 Å². The minimum Gasteiger partial charge on any atom is -0.402 e. The highest BCUT2D eigenvalue weighted by atomic mass is 19.4. The van der Waals surface area contributed by atoms with Crippen LogP contribution >= 0.6 is 0 Å². The minimum atomic E-state index is -5.39. The average Bonchev–Trinajstić information content (AvgIpc) is 2.17. The molecular weight excluding hydrogens is 275 g/mol. The molecule has 0 atom stereocenters. The van der Waals surface area contributed by atoms with Crippen LogP contribution in [0.2, 0.25) is 0 Å². The van der Waals surface area contributed by atoms with E-state index in [4.69, 9.17) is 5.11 Å². The zero-order valence-corrected chi connectivity index (χ0v) is 8.23. The summed E-state index contributed by atoms with van der Waals surface area (Å²) in [4.78, 5) is 2.60. The second-order valence-electron chi connectivity index (χ2n) is 2.98. The Morgan fingerprint density at radius 1 is 1.17 bits per heavy atom. The third kappa shape index (κ3) is 3.22. The standard InChI is InChI=1S/C8H4F7NO2/c9-4-5(18-8(13,14)15)3(2-17)1-16-6(4)7(10,11)12/h1,17H,2H2. The lowest BCUT2D eigenvalue weighted by atomic mass is 10.2. The Kier molecular flexibility index (Phi) is 3.70. The van der Waals surface area contributed by atoms with E-state index in [1.807, 2.05) is 0 Å². The van der Waals surface area contributed by atoms with E-state index in [1.165, 1.54) is 0 Å². The number of aliphatic hydroxyl groups excluding tert-OH is 1. The van der Waals surface area contributed by atoms with Crippen LogP contribution in [0.4, 0.5) is 30.7 Å². The van der Waals surface area contributed by atoms with Gasteiger partial charge in [0.2, 0.25) is 0 Å². The number of alkyl halides is 6. The molecule has 0 unspecified atom stereocenters. The van der Waals surface area contributed by atoms with Gasteiger partial charge in [0.25, 0.3) is 0 Å². The fourth-order valence-electron chi connectivity index (χ4n) is 1.04. The van der Waals surface area contributed by atoms with Crippen molar-refractivity contribution in [1.29, 1.82) is 0 Å². The maximum atomic E-state index is 13.2. The summed E-state index contributed by atoms with van der Waals surface area (Å²) in [6, 6.07) is 0. The first-order chi connectivity index (χ1) is 8.06. The summed E-state index contributed by atoms with van der Waals surface area (Å²) in [6.07, 6.45) is -10.4. The molecule has 10 heteroatoms. The normalized spacial score (nSPS) is 12.7. The molecule has 0 aliphatic rings. The molecule has 0 aliphatic carbocycles. The van der Waals surface area contributed by atoms with Crippen LogP contribution in [-0.4, -0.2) is 16.5 Å². The molecule has 0 aliphatic heterocycles. The van der Waals surface area contributed by atoms with Crippen LogP contribution in [0.25, 0.3) is 0 Å². The monoisotopic (exact) mass is 279 g/mol. The van der Waals surface area contributed by atoms with E-state index in [-0.39, 0.29) is 6.20 Å². The average molecular weight is 279 g/mol. The summed E-state index contributed by atoms with van der Waals surface area (Å²) in [5.41, 5.74) is -3.00. The van der Waals surface area contributed by atoms with Crippen LogP contribution in [-0.2, 0) is 12.8 Å². The van der Waals surface area contributed by atoms with Gasteiger partial charge in [0.05, 0.1) is 6.61 Å². The van der Waals surface area contributed by atoms with Crippen molar-refractivity contribution in [2.75, 3.05) is 0 Å². The summed E-state index contributed by atoms with van der Waals surface area (Å²) < 4.78 is 88.6. The maximum Gasteiger partial charge on any atom is 0.573 e. The van der Waals surface area contributed by atoms with Crippen molar-refractivity contribution in [3.05, 3.63) is 23.3 Å². The second-order valence-corrected chi connectivity index (χ2v) is 2.98. The van der Waals surface area contributed by atoms with Crippen LogP contribution in [0.5, 0.6) is 5.75 Å². The first-order valence-electron chi connectivity index (χ1n) is 4.17. The van der Waals surface area contributed by atoms with Crippen molar-refractivity contribution in [2.24, 2.45) is 0 Å². The lowest BCUT2D eigenvalue weighted by molar-refractivity contribution is -0.276. The van der Waals surface area contributed by atoms with Crippen LogP contribution in [0.3, 0.4) is 0 Å². The largest absolute Gasteiger partial charge is 0.573 e. The zero-order valence-electron chi connectivity index (χ0n) is 8.23. The van der Waals surface area contributed by atoms with Crippen LogP contribution < -0.4 is 4.74 Å². The van der Waals surface area contributed by atoms with Gasteiger partial charge in [-0.2, -0.15) is 13.2 Å². The van der Waals surface area contributed by atoms with E-state index in [0.717, 1.165) is 0 Å². The quantitative estimate of drug-likeness (QED) is 0.846. The van der Waals surface area contributed by atoms with Gasteiger partial charge in [0.15, 0.2) is 17.3 Å². The molecule has 0 amide bonds. The molecule has 0 aromatic carbocycles. The first-order valence-corrected chi connectivity index (χ1v) is 4.17. The number of hydrogen-bond donors (Lipinski definition) is 1. The molecule has 1 aromatic heterocycles. The molecule has 18 heavy (non-hydrogen) atoms. The lowest BCUT2D eigenvalue weighted by Gasteiger charge is -2.15. The molecular formula is C8H4F7NO2. The predicted molar refractivity (Wildman–Crippen MR) is 41.8 cm³/mol. The highest BCUT2D eigenvalue weighted by Gasteiger charge is 2.41.